The Labute approximate surface area is 185 Å². The molecule has 0 saturated heterocycles. The van der Waals surface area contributed by atoms with Gasteiger partial charge in [0, 0.05) is 13.6 Å². The Bertz CT molecular complexity index is 1000. The van der Waals surface area contributed by atoms with Crippen LogP contribution < -0.4 is 9.62 Å². The lowest BCUT2D eigenvalue weighted by Gasteiger charge is -2.32. The summed E-state index contributed by atoms with van der Waals surface area (Å²) in [6.45, 7) is 5.19. The predicted octanol–water partition coefficient (Wildman–Crippen LogP) is 2.28. The van der Waals surface area contributed by atoms with Crippen LogP contribution in [0.5, 0.6) is 0 Å². The van der Waals surface area contributed by atoms with Gasteiger partial charge in [0.1, 0.15) is 12.6 Å². The number of hydrogen-bond acceptors (Lipinski definition) is 4. The van der Waals surface area contributed by atoms with E-state index in [1.807, 2.05) is 62.4 Å². The Morgan fingerprint density at radius 1 is 1.00 bits per heavy atom. The smallest absolute Gasteiger partial charge is 0.244 e. The van der Waals surface area contributed by atoms with Crippen LogP contribution in [0.25, 0.3) is 0 Å². The molecule has 0 aliphatic rings. The number of nitrogens with one attached hydrogen (secondary N) is 1. The van der Waals surface area contributed by atoms with Crippen LogP contribution in [0.3, 0.4) is 0 Å². The zero-order chi connectivity index (χ0) is 23.2. The molecule has 168 valence electrons. The highest BCUT2D eigenvalue weighted by Gasteiger charge is 2.30. The van der Waals surface area contributed by atoms with E-state index in [1.54, 1.807) is 6.92 Å². The number of sulfonamides is 1. The van der Waals surface area contributed by atoms with Crippen LogP contribution in [0, 0.1) is 13.8 Å². The zero-order valence-electron chi connectivity index (χ0n) is 18.8. The molecule has 0 spiro atoms. The van der Waals surface area contributed by atoms with Crippen LogP contribution in [-0.4, -0.2) is 57.6 Å². The Hall–Kier alpha value is -2.87. The number of likely N-dealkylation sites (N-methyl/N-ethyl adjacent to an activating group) is 1. The maximum absolute atomic E-state index is 13.3. The van der Waals surface area contributed by atoms with Gasteiger partial charge in [0.2, 0.25) is 21.8 Å². The molecule has 0 heterocycles. The van der Waals surface area contributed by atoms with Gasteiger partial charge in [0.05, 0.1) is 11.9 Å². The van der Waals surface area contributed by atoms with Crippen molar-refractivity contribution in [1.29, 1.82) is 0 Å². The number of carbonyl (C=O) groups is 2. The quantitative estimate of drug-likeness (QED) is 0.642. The SMILES string of the molecule is CNC(=O)[C@H](C)N(CCc1ccccc1)C(=O)CN(c1c(C)cccc1C)S(C)(=O)=O. The molecule has 0 saturated carbocycles. The predicted molar refractivity (Wildman–Crippen MR) is 123 cm³/mol. The van der Waals surface area contributed by atoms with E-state index in [0.717, 1.165) is 27.3 Å². The summed E-state index contributed by atoms with van der Waals surface area (Å²) >= 11 is 0. The highest BCUT2D eigenvalue weighted by molar-refractivity contribution is 7.92. The second-order valence-corrected chi connectivity index (χ2v) is 9.53. The largest absolute Gasteiger partial charge is 0.357 e. The lowest BCUT2D eigenvalue weighted by Crippen LogP contribution is -2.51. The van der Waals surface area contributed by atoms with E-state index in [0.29, 0.717) is 18.7 Å². The summed E-state index contributed by atoms with van der Waals surface area (Å²) in [6, 6.07) is 14.4. The molecule has 2 aromatic rings. The van der Waals surface area contributed by atoms with Crippen molar-refractivity contribution in [1.82, 2.24) is 10.2 Å². The molecule has 0 bridgehead atoms. The highest BCUT2D eigenvalue weighted by Crippen LogP contribution is 2.27. The number of aryl methyl sites for hydroxylation is 2. The van der Waals surface area contributed by atoms with E-state index in [4.69, 9.17) is 0 Å². The van der Waals surface area contributed by atoms with Crippen LogP contribution in [0.2, 0.25) is 0 Å². The van der Waals surface area contributed by atoms with Crippen molar-refractivity contribution < 1.29 is 18.0 Å². The second kappa shape index (κ2) is 10.4. The van der Waals surface area contributed by atoms with Gasteiger partial charge >= 0.3 is 0 Å². The third-order valence-corrected chi connectivity index (χ3v) is 6.38. The van der Waals surface area contributed by atoms with Crippen molar-refractivity contribution in [3.63, 3.8) is 0 Å². The van der Waals surface area contributed by atoms with Gasteiger partial charge < -0.3 is 10.2 Å². The topological polar surface area (TPSA) is 86.8 Å². The maximum Gasteiger partial charge on any atom is 0.244 e. The Balaban J connectivity index is 2.35. The minimum absolute atomic E-state index is 0.293. The molecule has 2 amide bonds. The van der Waals surface area contributed by atoms with E-state index in [2.05, 4.69) is 5.32 Å². The first-order valence-corrected chi connectivity index (χ1v) is 12.0. The fourth-order valence-corrected chi connectivity index (χ4v) is 4.52. The van der Waals surface area contributed by atoms with Crippen molar-refractivity contribution in [2.45, 2.75) is 33.2 Å². The average Bonchev–Trinajstić information content (AvgIpc) is 2.72. The van der Waals surface area contributed by atoms with E-state index in [1.165, 1.54) is 11.9 Å². The van der Waals surface area contributed by atoms with Crippen molar-refractivity contribution in [3.05, 3.63) is 65.2 Å². The summed E-state index contributed by atoms with van der Waals surface area (Å²) in [7, 11) is -2.21. The molecule has 1 atom stereocenters. The monoisotopic (exact) mass is 445 g/mol. The first kappa shape index (κ1) is 24.4. The summed E-state index contributed by atoms with van der Waals surface area (Å²) in [6.07, 6.45) is 1.64. The van der Waals surface area contributed by atoms with Gasteiger partial charge in [0.15, 0.2) is 0 Å². The molecule has 0 aromatic heterocycles. The third-order valence-electron chi connectivity index (χ3n) is 5.27. The molecule has 0 unspecified atom stereocenters. The fourth-order valence-electron chi connectivity index (χ4n) is 3.55. The first-order valence-electron chi connectivity index (χ1n) is 10.1. The molecular weight excluding hydrogens is 414 g/mol. The molecule has 7 nitrogen and oxygen atoms in total. The number of amides is 2. The molecular formula is C23H31N3O4S. The number of hydrogen-bond donors (Lipinski definition) is 1. The van der Waals surface area contributed by atoms with Crippen LogP contribution in [0.15, 0.2) is 48.5 Å². The molecule has 2 rings (SSSR count). The van der Waals surface area contributed by atoms with Gasteiger partial charge in [-0.25, -0.2) is 8.42 Å². The summed E-state index contributed by atoms with van der Waals surface area (Å²) in [5.41, 5.74) is 3.04. The second-order valence-electron chi connectivity index (χ2n) is 7.62. The van der Waals surface area contributed by atoms with Crippen molar-refractivity contribution in [2.24, 2.45) is 0 Å². The minimum Gasteiger partial charge on any atom is -0.357 e. The van der Waals surface area contributed by atoms with Crippen molar-refractivity contribution in [3.8, 4) is 0 Å². The molecule has 1 N–H and O–H groups in total. The highest BCUT2D eigenvalue weighted by atomic mass is 32.2. The average molecular weight is 446 g/mol. The molecule has 2 aromatic carbocycles. The standard InChI is InChI=1S/C23H31N3O4S/c1-17-10-9-11-18(2)22(17)26(31(5,29)30)16-21(27)25(19(3)23(28)24-4)15-14-20-12-7-6-8-13-20/h6-13,19H,14-16H2,1-5H3,(H,24,28)/t19-/m0/s1. The van der Waals surface area contributed by atoms with Gasteiger partial charge in [-0.05, 0) is 43.9 Å². The van der Waals surface area contributed by atoms with Gasteiger partial charge in [-0.2, -0.15) is 0 Å². The Morgan fingerprint density at radius 2 is 1.58 bits per heavy atom. The Kier molecular flexibility index (Phi) is 8.21. The third kappa shape index (κ3) is 6.30. The summed E-state index contributed by atoms with van der Waals surface area (Å²) < 4.78 is 26.4. The minimum atomic E-state index is -3.72. The van der Waals surface area contributed by atoms with Crippen LogP contribution in [0.1, 0.15) is 23.6 Å². The normalized spacial score (nSPS) is 12.2. The van der Waals surface area contributed by atoms with E-state index in [9.17, 15) is 18.0 Å². The molecule has 0 aliphatic carbocycles. The summed E-state index contributed by atoms with van der Waals surface area (Å²) in [4.78, 5) is 27.1. The number of rotatable bonds is 9. The lowest BCUT2D eigenvalue weighted by molar-refractivity contribution is -0.138. The molecule has 0 radical (unpaired) electrons. The number of benzene rings is 2. The number of carbonyl (C=O) groups excluding carboxylic acids is 2. The fraction of sp³-hybridized carbons (Fsp3) is 0.391. The molecule has 8 heteroatoms. The van der Waals surface area contributed by atoms with Gasteiger partial charge in [-0.3, -0.25) is 13.9 Å². The number of nitrogens with zero attached hydrogens (tertiary/aromatic N) is 2. The van der Waals surface area contributed by atoms with E-state index in [-0.39, 0.29) is 12.5 Å². The van der Waals surface area contributed by atoms with E-state index < -0.39 is 22.0 Å². The van der Waals surface area contributed by atoms with Crippen LogP contribution in [-0.2, 0) is 26.0 Å². The first-order chi connectivity index (χ1) is 14.6. The zero-order valence-corrected chi connectivity index (χ0v) is 19.6. The van der Waals surface area contributed by atoms with Gasteiger partial charge in [0.25, 0.3) is 0 Å². The lowest BCUT2D eigenvalue weighted by atomic mass is 10.1. The molecule has 0 aliphatic heterocycles. The maximum atomic E-state index is 13.3. The van der Waals surface area contributed by atoms with Crippen molar-refractivity contribution in [2.75, 3.05) is 30.7 Å². The number of anilines is 1. The van der Waals surface area contributed by atoms with Crippen LogP contribution >= 0.6 is 0 Å². The van der Waals surface area contributed by atoms with E-state index >= 15 is 0 Å². The van der Waals surface area contributed by atoms with Gasteiger partial charge in [-0.1, -0.05) is 48.5 Å². The van der Waals surface area contributed by atoms with Crippen molar-refractivity contribution >= 4 is 27.5 Å². The van der Waals surface area contributed by atoms with Crippen LogP contribution in [0.4, 0.5) is 5.69 Å². The summed E-state index contributed by atoms with van der Waals surface area (Å²) in [5.74, 6) is -0.737. The molecule has 0 fully saturated rings. The number of para-hydroxylation sites is 1. The Morgan fingerprint density at radius 3 is 2.10 bits per heavy atom. The summed E-state index contributed by atoms with van der Waals surface area (Å²) in [5, 5.41) is 2.57. The molecule has 31 heavy (non-hydrogen) atoms. The van der Waals surface area contributed by atoms with Gasteiger partial charge in [-0.15, -0.1) is 0 Å².